The first kappa shape index (κ1) is 13.4. The molecule has 0 aliphatic heterocycles. The van der Waals surface area contributed by atoms with E-state index in [0.29, 0.717) is 0 Å². The van der Waals surface area contributed by atoms with Crippen LogP contribution in [0.4, 0.5) is 10.5 Å². The fourth-order valence-corrected chi connectivity index (χ4v) is 1.60. The lowest BCUT2D eigenvalue weighted by Gasteiger charge is -2.11. The van der Waals surface area contributed by atoms with E-state index in [4.69, 9.17) is 15.6 Å². The molecule has 0 spiro atoms. The Kier molecular flexibility index (Phi) is 3.85. The smallest absolute Gasteiger partial charge is 0.409 e. The Hall–Kier alpha value is -3.03. The van der Waals surface area contributed by atoms with Gasteiger partial charge in [-0.3, -0.25) is 15.2 Å². The van der Waals surface area contributed by atoms with Crippen molar-refractivity contribution in [2.75, 3.05) is 11.9 Å². The molecule has 0 saturated carbocycles. The molecule has 8 nitrogen and oxygen atoms in total. The van der Waals surface area contributed by atoms with Crippen molar-refractivity contribution in [3.63, 3.8) is 0 Å². The van der Waals surface area contributed by atoms with E-state index in [2.05, 4.69) is 15.5 Å². The van der Waals surface area contributed by atoms with Crippen LogP contribution >= 0.6 is 0 Å². The number of primary amides is 1. The van der Waals surface area contributed by atoms with Crippen LogP contribution in [0.3, 0.4) is 0 Å². The predicted octanol–water partition coefficient (Wildman–Crippen LogP) is 1.03. The third kappa shape index (κ3) is 3.25. The molecule has 1 aromatic heterocycles. The van der Waals surface area contributed by atoms with Gasteiger partial charge in [0.2, 0.25) is 0 Å². The number of nitrogens with zero attached hydrogens (tertiary/aromatic N) is 1. The van der Waals surface area contributed by atoms with E-state index in [-0.39, 0.29) is 18.0 Å². The lowest BCUT2D eigenvalue weighted by molar-refractivity contribution is -0.119. The highest BCUT2D eigenvalue weighted by Crippen LogP contribution is 2.30. The lowest BCUT2D eigenvalue weighted by Crippen LogP contribution is -2.20. The summed E-state index contributed by atoms with van der Waals surface area (Å²) in [5.74, 6) is -0.440. The van der Waals surface area contributed by atoms with E-state index in [9.17, 15) is 9.59 Å². The zero-order chi connectivity index (χ0) is 14.5. The van der Waals surface area contributed by atoms with Crippen molar-refractivity contribution in [2.45, 2.75) is 0 Å². The Morgan fingerprint density at radius 1 is 1.40 bits per heavy atom. The van der Waals surface area contributed by atoms with E-state index >= 15 is 0 Å². The quantitative estimate of drug-likeness (QED) is 0.647. The Morgan fingerprint density at radius 2 is 2.20 bits per heavy atom. The first-order valence-corrected chi connectivity index (χ1v) is 5.60. The monoisotopic (exact) mass is 276 g/mol. The molecule has 5 N–H and O–H groups in total. The van der Waals surface area contributed by atoms with E-state index < -0.39 is 12.0 Å². The predicted molar refractivity (Wildman–Crippen MR) is 70.4 cm³/mol. The van der Waals surface area contributed by atoms with Gasteiger partial charge in [0.15, 0.2) is 6.61 Å². The number of carbonyl (C=O) groups is 2. The second-order valence-corrected chi connectivity index (χ2v) is 3.88. The van der Waals surface area contributed by atoms with Crippen molar-refractivity contribution in [1.82, 2.24) is 10.2 Å². The number of aromatic amines is 1. The first-order chi connectivity index (χ1) is 9.56. The van der Waals surface area contributed by atoms with Gasteiger partial charge in [-0.1, -0.05) is 6.07 Å². The van der Waals surface area contributed by atoms with E-state index in [1.54, 1.807) is 24.5 Å². The maximum atomic E-state index is 10.8. The van der Waals surface area contributed by atoms with Gasteiger partial charge in [0.05, 0.1) is 11.9 Å². The topological polar surface area (TPSA) is 130 Å². The third-order valence-corrected chi connectivity index (χ3v) is 2.42. The number of carboxylic acid groups (broad SMARTS) is 1. The molecule has 2 rings (SSSR count). The van der Waals surface area contributed by atoms with Crippen LogP contribution in [0.15, 0.2) is 30.6 Å². The average molecular weight is 276 g/mol. The van der Waals surface area contributed by atoms with Gasteiger partial charge in [0, 0.05) is 11.8 Å². The number of hydrogen-bond acceptors (Lipinski definition) is 4. The Morgan fingerprint density at radius 3 is 2.80 bits per heavy atom. The highest BCUT2D eigenvalue weighted by atomic mass is 16.5. The van der Waals surface area contributed by atoms with Crippen LogP contribution in [0.2, 0.25) is 0 Å². The SMILES string of the molecule is NC(=O)COc1cc(-c2cn[nH]c2)ccc1NC(=O)O. The van der Waals surface area contributed by atoms with Crippen LogP contribution in [-0.4, -0.2) is 33.9 Å². The van der Waals surface area contributed by atoms with Crippen LogP contribution in [-0.2, 0) is 4.79 Å². The highest BCUT2D eigenvalue weighted by molar-refractivity contribution is 5.86. The molecular weight excluding hydrogens is 264 g/mol. The summed E-state index contributed by atoms with van der Waals surface area (Å²) in [5, 5.41) is 17.4. The summed E-state index contributed by atoms with van der Waals surface area (Å²) in [4.78, 5) is 21.5. The number of carbonyl (C=O) groups excluding carboxylic acids is 1. The van der Waals surface area contributed by atoms with E-state index in [1.807, 2.05) is 0 Å². The number of nitrogens with one attached hydrogen (secondary N) is 2. The zero-order valence-corrected chi connectivity index (χ0v) is 10.3. The molecule has 0 radical (unpaired) electrons. The molecule has 20 heavy (non-hydrogen) atoms. The standard InChI is InChI=1S/C12H12N4O4/c13-11(17)6-20-10-3-7(8-4-14-15-5-8)1-2-9(10)16-12(18)19/h1-5,16H,6H2,(H2,13,17)(H,14,15)(H,18,19). The summed E-state index contributed by atoms with van der Waals surface area (Å²) in [6.45, 7) is -0.344. The van der Waals surface area contributed by atoms with Crippen molar-refractivity contribution in [2.24, 2.45) is 5.73 Å². The first-order valence-electron chi connectivity index (χ1n) is 5.60. The largest absolute Gasteiger partial charge is 0.482 e. The normalized spacial score (nSPS) is 10.0. The molecule has 1 heterocycles. The second-order valence-electron chi connectivity index (χ2n) is 3.88. The van der Waals surface area contributed by atoms with Crippen molar-refractivity contribution in [3.8, 4) is 16.9 Å². The molecule has 0 unspecified atom stereocenters. The van der Waals surface area contributed by atoms with Gasteiger partial charge in [-0.15, -0.1) is 0 Å². The van der Waals surface area contributed by atoms with Crippen LogP contribution in [0.1, 0.15) is 0 Å². The summed E-state index contributed by atoms with van der Waals surface area (Å²) < 4.78 is 5.21. The summed E-state index contributed by atoms with van der Waals surface area (Å²) in [7, 11) is 0. The fraction of sp³-hybridized carbons (Fsp3) is 0.0833. The lowest BCUT2D eigenvalue weighted by atomic mass is 10.1. The van der Waals surface area contributed by atoms with Crippen LogP contribution in [0.25, 0.3) is 11.1 Å². The summed E-state index contributed by atoms with van der Waals surface area (Å²) in [6.07, 6.45) is 2.06. The average Bonchev–Trinajstić information content (AvgIpc) is 2.90. The number of ether oxygens (including phenoxy) is 1. The van der Waals surface area contributed by atoms with Gasteiger partial charge in [-0.05, 0) is 17.7 Å². The molecular formula is C12H12N4O4. The van der Waals surface area contributed by atoms with Gasteiger partial charge in [-0.2, -0.15) is 5.10 Å². The van der Waals surface area contributed by atoms with Crippen molar-refractivity contribution in [1.29, 1.82) is 0 Å². The summed E-state index contributed by atoms with van der Waals surface area (Å²) in [6, 6.07) is 4.83. The minimum Gasteiger partial charge on any atom is -0.482 e. The maximum Gasteiger partial charge on any atom is 0.409 e. The molecule has 0 atom stereocenters. The van der Waals surface area contributed by atoms with Gasteiger partial charge < -0.3 is 15.6 Å². The molecule has 104 valence electrons. The minimum atomic E-state index is -1.23. The zero-order valence-electron chi connectivity index (χ0n) is 10.3. The number of rotatable bonds is 5. The molecule has 0 aliphatic rings. The fourth-order valence-electron chi connectivity index (χ4n) is 1.60. The van der Waals surface area contributed by atoms with Gasteiger partial charge >= 0.3 is 6.09 Å². The molecule has 1 aromatic carbocycles. The van der Waals surface area contributed by atoms with Gasteiger partial charge in [0.1, 0.15) is 5.75 Å². The van der Waals surface area contributed by atoms with Gasteiger partial charge in [0.25, 0.3) is 5.91 Å². The number of amides is 2. The molecule has 2 amide bonds. The summed E-state index contributed by atoms with van der Waals surface area (Å²) in [5.41, 5.74) is 6.80. The number of nitrogens with two attached hydrogens (primary N) is 1. The molecule has 0 fully saturated rings. The third-order valence-electron chi connectivity index (χ3n) is 2.42. The summed E-state index contributed by atoms with van der Waals surface area (Å²) >= 11 is 0. The Bertz CT molecular complexity index is 624. The number of hydrogen-bond donors (Lipinski definition) is 4. The number of anilines is 1. The van der Waals surface area contributed by atoms with Gasteiger partial charge in [-0.25, -0.2) is 4.79 Å². The Balaban J connectivity index is 2.33. The van der Waals surface area contributed by atoms with Crippen molar-refractivity contribution < 1.29 is 19.4 Å². The van der Waals surface area contributed by atoms with Crippen LogP contribution < -0.4 is 15.8 Å². The number of H-pyrrole nitrogens is 1. The van der Waals surface area contributed by atoms with E-state index in [0.717, 1.165) is 11.1 Å². The molecule has 0 saturated heterocycles. The number of aromatic nitrogens is 2. The molecule has 0 bridgehead atoms. The molecule has 0 aliphatic carbocycles. The van der Waals surface area contributed by atoms with Crippen molar-refractivity contribution in [3.05, 3.63) is 30.6 Å². The van der Waals surface area contributed by atoms with Crippen LogP contribution in [0, 0.1) is 0 Å². The molecule has 2 aromatic rings. The Labute approximate surface area is 113 Å². The second kappa shape index (κ2) is 5.74. The minimum absolute atomic E-state index is 0.213. The van der Waals surface area contributed by atoms with Crippen LogP contribution in [0.5, 0.6) is 5.75 Å². The maximum absolute atomic E-state index is 10.8. The molecule has 8 heteroatoms. The number of benzene rings is 1. The van der Waals surface area contributed by atoms with Crippen molar-refractivity contribution >= 4 is 17.7 Å². The highest BCUT2D eigenvalue weighted by Gasteiger charge is 2.10. The van der Waals surface area contributed by atoms with E-state index in [1.165, 1.54) is 6.07 Å².